The number of halogens is 3. The van der Waals surface area contributed by atoms with E-state index in [1.54, 1.807) is 7.11 Å². The number of likely N-dealkylation sites (tertiary alicyclic amines) is 2. The largest absolute Gasteiger partial charge is 0.497 e. The summed E-state index contributed by atoms with van der Waals surface area (Å²) in [5.74, 6) is 2.62. The molecule has 0 amide bonds. The first kappa shape index (κ1) is 27.0. The lowest BCUT2D eigenvalue weighted by Crippen LogP contribution is -2.38. The monoisotopic (exact) mass is 510 g/mol. The molecular formula is C22H37BrCl2N2O2. The Balaban J connectivity index is 0.00000210. The summed E-state index contributed by atoms with van der Waals surface area (Å²) < 4.78 is 6.59. The number of rotatable bonds is 8. The minimum atomic E-state index is 0. The van der Waals surface area contributed by atoms with E-state index < -0.39 is 0 Å². The van der Waals surface area contributed by atoms with E-state index in [1.807, 2.05) is 6.07 Å². The summed E-state index contributed by atoms with van der Waals surface area (Å²) >= 11 is 3.70. The normalized spacial score (nSPS) is 19.4. The van der Waals surface area contributed by atoms with Crippen LogP contribution in [0.1, 0.15) is 37.7 Å². The van der Waals surface area contributed by atoms with Crippen LogP contribution in [0.5, 0.6) is 5.75 Å². The van der Waals surface area contributed by atoms with Gasteiger partial charge in [-0.1, -0.05) is 15.9 Å². The summed E-state index contributed by atoms with van der Waals surface area (Å²) in [4.78, 5) is 5.08. The average Bonchev–Trinajstić information content (AvgIpc) is 2.70. The van der Waals surface area contributed by atoms with Gasteiger partial charge in [-0.2, -0.15) is 0 Å². The predicted octanol–water partition coefficient (Wildman–Crippen LogP) is 4.65. The summed E-state index contributed by atoms with van der Waals surface area (Å²) in [6, 6.07) is 6.30. The number of hydrogen-bond acceptors (Lipinski definition) is 4. The molecule has 0 aliphatic carbocycles. The number of benzene rings is 1. The first-order valence-electron chi connectivity index (χ1n) is 10.6. The van der Waals surface area contributed by atoms with Crippen LogP contribution in [0.25, 0.3) is 0 Å². The van der Waals surface area contributed by atoms with E-state index in [4.69, 9.17) is 9.84 Å². The number of nitrogens with zero attached hydrogens (tertiary/aromatic N) is 2. The van der Waals surface area contributed by atoms with Crippen molar-refractivity contribution in [2.24, 2.45) is 11.8 Å². The molecule has 168 valence electrons. The van der Waals surface area contributed by atoms with E-state index in [-0.39, 0.29) is 24.8 Å². The Kier molecular flexibility index (Phi) is 13.1. The highest BCUT2D eigenvalue weighted by molar-refractivity contribution is 9.10. The van der Waals surface area contributed by atoms with Gasteiger partial charge in [-0.3, -0.25) is 0 Å². The van der Waals surface area contributed by atoms with Crippen molar-refractivity contribution in [1.29, 1.82) is 0 Å². The Morgan fingerprint density at radius 2 is 1.55 bits per heavy atom. The third kappa shape index (κ3) is 8.54. The highest BCUT2D eigenvalue weighted by Gasteiger charge is 2.23. The summed E-state index contributed by atoms with van der Waals surface area (Å²) in [7, 11) is 1.74. The zero-order valence-corrected chi connectivity index (χ0v) is 20.7. The van der Waals surface area contributed by atoms with Gasteiger partial charge in [0.1, 0.15) is 5.75 Å². The lowest BCUT2D eigenvalue weighted by molar-refractivity contribution is 0.128. The molecule has 2 aliphatic rings. The molecule has 0 atom stereocenters. The molecular weight excluding hydrogens is 475 g/mol. The zero-order valence-electron chi connectivity index (χ0n) is 17.5. The van der Waals surface area contributed by atoms with Gasteiger partial charge >= 0.3 is 0 Å². The van der Waals surface area contributed by atoms with Crippen LogP contribution in [-0.2, 0) is 6.42 Å². The molecule has 0 unspecified atom stereocenters. The fourth-order valence-corrected chi connectivity index (χ4v) is 4.97. The van der Waals surface area contributed by atoms with Crippen molar-refractivity contribution < 1.29 is 9.84 Å². The third-order valence-corrected chi connectivity index (χ3v) is 7.22. The first-order valence-corrected chi connectivity index (χ1v) is 11.3. The Bertz CT molecular complexity index is 578. The number of hydrogen-bond donors (Lipinski definition) is 1. The fourth-order valence-electron chi connectivity index (χ4n) is 4.56. The van der Waals surface area contributed by atoms with E-state index in [9.17, 15) is 0 Å². The number of methoxy groups -OCH3 is 1. The maximum Gasteiger partial charge on any atom is 0.119 e. The zero-order chi connectivity index (χ0) is 19.1. The van der Waals surface area contributed by atoms with Crippen molar-refractivity contribution in [3.63, 3.8) is 0 Å². The standard InChI is InChI=1S/C22H35BrN2O2.2ClH/c1-27-21-2-3-22(23)20(17-21)16-19-7-12-24(13-8-19)9-4-18-5-10-25(11-6-18)14-15-26;;/h2-3,17-19,26H,4-16H2,1H3;2*1H. The van der Waals surface area contributed by atoms with Crippen LogP contribution in [0.15, 0.2) is 22.7 Å². The molecule has 2 fully saturated rings. The average molecular weight is 512 g/mol. The third-order valence-electron chi connectivity index (χ3n) is 6.45. The molecule has 4 nitrogen and oxygen atoms in total. The van der Waals surface area contributed by atoms with Crippen molar-refractivity contribution in [3.8, 4) is 5.75 Å². The lowest BCUT2D eigenvalue weighted by atomic mass is 9.89. The Morgan fingerprint density at radius 3 is 2.14 bits per heavy atom. The molecule has 1 aromatic rings. The topological polar surface area (TPSA) is 35.9 Å². The maximum atomic E-state index is 9.06. The van der Waals surface area contributed by atoms with E-state index in [1.165, 1.54) is 74.9 Å². The molecule has 2 heterocycles. The second kappa shape index (κ2) is 14.1. The van der Waals surface area contributed by atoms with Crippen LogP contribution in [0.2, 0.25) is 0 Å². The SMILES string of the molecule is COc1ccc(Br)c(CC2CCN(CCC3CCN(CCO)CC3)CC2)c1.Cl.Cl. The van der Waals surface area contributed by atoms with Crippen LogP contribution >= 0.6 is 40.7 Å². The van der Waals surface area contributed by atoms with Gasteiger partial charge in [0.25, 0.3) is 0 Å². The molecule has 29 heavy (non-hydrogen) atoms. The van der Waals surface area contributed by atoms with E-state index >= 15 is 0 Å². The van der Waals surface area contributed by atoms with Gasteiger partial charge in [0.15, 0.2) is 0 Å². The van der Waals surface area contributed by atoms with E-state index in [2.05, 4.69) is 37.9 Å². The number of piperidine rings is 2. The Hall–Kier alpha value is -0.0400. The molecule has 0 saturated carbocycles. The highest BCUT2D eigenvalue weighted by atomic mass is 79.9. The van der Waals surface area contributed by atoms with Crippen molar-refractivity contribution in [2.45, 2.75) is 38.5 Å². The van der Waals surface area contributed by atoms with Gasteiger partial charge in [-0.05, 0) is 107 Å². The number of aliphatic hydroxyl groups is 1. The molecule has 3 rings (SSSR count). The van der Waals surface area contributed by atoms with Gasteiger partial charge < -0.3 is 19.6 Å². The molecule has 2 aliphatic heterocycles. The quantitative estimate of drug-likeness (QED) is 0.551. The maximum absolute atomic E-state index is 9.06. The van der Waals surface area contributed by atoms with Gasteiger partial charge in [-0.25, -0.2) is 0 Å². The van der Waals surface area contributed by atoms with Crippen LogP contribution in [0.4, 0.5) is 0 Å². The van der Waals surface area contributed by atoms with Crippen molar-refractivity contribution >= 4 is 40.7 Å². The van der Waals surface area contributed by atoms with E-state index in [0.29, 0.717) is 6.61 Å². The molecule has 0 radical (unpaired) electrons. The van der Waals surface area contributed by atoms with Gasteiger partial charge in [0, 0.05) is 11.0 Å². The van der Waals surface area contributed by atoms with E-state index in [0.717, 1.165) is 30.6 Å². The van der Waals surface area contributed by atoms with Crippen molar-refractivity contribution in [3.05, 3.63) is 28.2 Å². The molecule has 1 aromatic carbocycles. The Labute approximate surface area is 197 Å². The van der Waals surface area contributed by atoms with Gasteiger partial charge in [0.05, 0.1) is 13.7 Å². The van der Waals surface area contributed by atoms with Gasteiger partial charge in [0.2, 0.25) is 0 Å². The fraction of sp³-hybridized carbons (Fsp3) is 0.727. The number of ether oxygens (including phenoxy) is 1. The van der Waals surface area contributed by atoms with Crippen LogP contribution in [0.3, 0.4) is 0 Å². The van der Waals surface area contributed by atoms with Gasteiger partial charge in [-0.15, -0.1) is 24.8 Å². The first-order chi connectivity index (χ1) is 13.2. The molecule has 0 spiro atoms. The highest BCUT2D eigenvalue weighted by Crippen LogP contribution is 2.29. The molecule has 0 aromatic heterocycles. The van der Waals surface area contributed by atoms with Crippen LogP contribution in [-0.4, -0.2) is 67.9 Å². The minimum Gasteiger partial charge on any atom is -0.497 e. The second-order valence-electron chi connectivity index (χ2n) is 8.24. The van der Waals surface area contributed by atoms with Crippen molar-refractivity contribution in [2.75, 3.05) is 53.0 Å². The summed E-state index contributed by atoms with van der Waals surface area (Å²) in [6.45, 7) is 7.24. The molecule has 2 saturated heterocycles. The number of β-amino-alcohol motifs (C(OH)–C–C–N with tert-alkyl or cyclic N) is 1. The summed E-state index contributed by atoms with van der Waals surface area (Å²) in [5, 5.41) is 9.06. The smallest absolute Gasteiger partial charge is 0.119 e. The summed E-state index contributed by atoms with van der Waals surface area (Å²) in [5.41, 5.74) is 1.38. The molecule has 7 heteroatoms. The van der Waals surface area contributed by atoms with Crippen LogP contribution in [0, 0.1) is 11.8 Å². The number of aliphatic hydroxyl groups excluding tert-OH is 1. The molecule has 1 N–H and O–H groups in total. The van der Waals surface area contributed by atoms with Crippen molar-refractivity contribution in [1.82, 2.24) is 9.80 Å². The Morgan fingerprint density at radius 1 is 0.966 bits per heavy atom. The predicted molar refractivity (Wildman–Crippen MR) is 129 cm³/mol. The lowest BCUT2D eigenvalue weighted by Gasteiger charge is -2.35. The second-order valence-corrected chi connectivity index (χ2v) is 9.10. The minimum absolute atomic E-state index is 0. The summed E-state index contributed by atoms with van der Waals surface area (Å²) in [6.07, 6.45) is 7.71. The molecule has 0 bridgehead atoms. The van der Waals surface area contributed by atoms with Crippen LogP contribution < -0.4 is 4.74 Å².